The summed E-state index contributed by atoms with van der Waals surface area (Å²) in [7, 11) is 1.65. The molecule has 0 saturated heterocycles. The minimum absolute atomic E-state index is 0.0217. The Kier molecular flexibility index (Phi) is 7.28. The van der Waals surface area contributed by atoms with E-state index >= 15 is 0 Å². The Morgan fingerprint density at radius 3 is 2.11 bits per heavy atom. The number of carbonyl (C=O) groups excluding carboxylic acids is 1. The number of amides is 1. The molecule has 1 fully saturated rings. The summed E-state index contributed by atoms with van der Waals surface area (Å²) in [4.78, 5) is 26.3. The average Bonchev–Trinajstić information content (AvgIpc) is 2.64. The molecule has 0 heterocycles. The lowest BCUT2D eigenvalue weighted by molar-refractivity contribution is -0.146. The first-order chi connectivity index (χ1) is 12.7. The topological polar surface area (TPSA) is 66.8 Å². The van der Waals surface area contributed by atoms with E-state index in [0.717, 1.165) is 12.2 Å². The van der Waals surface area contributed by atoms with Crippen molar-refractivity contribution in [2.75, 3.05) is 20.2 Å². The highest BCUT2D eigenvalue weighted by atomic mass is 16.5. The molecule has 0 radical (unpaired) electrons. The third-order valence-electron chi connectivity index (χ3n) is 5.23. The van der Waals surface area contributed by atoms with Gasteiger partial charge in [0.25, 0.3) is 0 Å². The standard InChI is InChI=1S/C22H33NO4/c1-22(2,3)15-23(14-13-16-5-11-19(27-4)12-6-16)20(24)17-7-9-18(10-8-17)21(25)26/h5-6,11-12,17-18H,7-10,13-15H2,1-4H3,(H,25,26). The highest BCUT2D eigenvalue weighted by molar-refractivity contribution is 5.79. The van der Waals surface area contributed by atoms with Crippen molar-refractivity contribution in [1.82, 2.24) is 4.90 Å². The number of aliphatic carboxylic acids is 1. The Morgan fingerprint density at radius 1 is 1.07 bits per heavy atom. The van der Waals surface area contributed by atoms with Crippen LogP contribution in [0, 0.1) is 17.3 Å². The minimum atomic E-state index is -0.730. The molecule has 0 aliphatic heterocycles. The van der Waals surface area contributed by atoms with Gasteiger partial charge in [0.05, 0.1) is 13.0 Å². The molecule has 0 unspecified atom stereocenters. The first-order valence-electron chi connectivity index (χ1n) is 9.84. The second kappa shape index (κ2) is 9.25. The van der Waals surface area contributed by atoms with E-state index in [0.29, 0.717) is 38.8 Å². The fourth-order valence-electron chi connectivity index (χ4n) is 3.74. The van der Waals surface area contributed by atoms with E-state index in [1.165, 1.54) is 5.56 Å². The van der Waals surface area contributed by atoms with Crippen LogP contribution in [-0.2, 0) is 16.0 Å². The van der Waals surface area contributed by atoms with Crippen molar-refractivity contribution in [2.45, 2.75) is 52.9 Å². The van der Waals surface area contributed by atoms with Gasteiger partial charge in [0.1, 0.15) is 5.75 Å². The van der Waals surface area contributed by atoms with Crippen LogP contribution >= 0.6 is 0 Å². The third kappa shape index (κ3) is 6.56. The molecule has 0 aromatic heterocycles. The van der Waals surface area contributed by atoms with Gasteiger partial charge in [0.15, 0.2) is 0 Å². The van der Waals surface area contributed by atoms with Crippen LogP contribution in [0.5, 0.6) is 5.75 Å². The van der Waals surface area contributed by atoms with E-state index in [1.54, 1.807) is 7.11 Å². The predicted octanol–water partition coefficient (Wildman–Crippen LogP) is 4.00. The normalized spacial score (nSPS) is 20.1. The molecule has 0 spiro atoms. The molecule has 5 nitrogen and oxygen atoms in total. The van der Waals surface area contributed by atoms with Crippen molar-refractivity contribution in [3.8, 4) is 5.75 Å². The molecule has 1 aromatic carbocycles. The van der Waals surface area contributed by atoms with Crippen molar-refractivity contribution >= 4 is 11.9 Å². The maximum Gasteiger partial charge on any atom is 0.306 e. The molecule has 1 aliphatic rings. The highest BCUT2D eigenvalue weighted by Gasteiger charge is 2.33. The number of ether oxygens (including phenoxy) is 1. The number of benzene rings is 1. The second-order valence-corrected chi connectivity index (χ2v) is 8.81. The maximum atomic E-state index is 13.1. The number of nitrogens with zero attached hydrogens (tertiary/aromatic N) is 1. The van der Waals surface area contributed by atoms with Crippen LogP contribution in [-0.4, -0.2) is 42.1 Å². The van der Waals surface area contributed by atoms with Gasteiger partial charge in [0.2, 0.25) is 5.91 Å². The second-order valence-electron chi connectivity index (χ2n) is 8.81. The van der Waals surface area contributed by atoms with E-state index < -0.39 is 5.97 Å². The molecule has 150 valence electrons. The minimum Gasteiger partial charge on any atom is -0.497 e. The predicted molar refractivity (Wildman–Crippen MR) is 106 cm³/mol. The van der Waals surface area contributed by atoms with E-state index in [2.05, 4.69) is 20.8 Å². The van der Waals surface area contributed by atoms with Gasteiger partial charge in [-0.25, -0.2) is 0 Å². The molecule has 1 saturated carbocycles. The zero-order valence-electron chi connectivity index (χ0n) is 17.0. The fourth-order valence-corrected chi connectivity index (χ4v) is 3.74. The van der Waals surface area contributed by atoms with Crippen molar-refractivity contribution in [1.29, 1.82) is 0 Å². The van der Waals surface area contributed by atoms with Gasteiger partial charge >= 0.3 is 5.97 Å². The van der Waals surface area contributed by atoms with Crippen LogP contribution in [0.1, 0.15) is 52.0 Å². The third-order valence-corrected chi connectivity index (χ3v) is 5.23. The average molecular weight is 376 g/mol. The first-order valence-corrected chi connectivity index (χ1v) is 9.84. The van der Waals surface area contributed by atoms with Crippen molar-refractivity contribution < 1.29 is 19.4 Å². The zero-order valence-corrected chi connectivity index (χ0v) is 17.0. The van der Waals surface area contributed by atoms with Gasteiger partial charge in [-0.05, 0) is 55.2 Å². The number of carbonyl (C=O) groups is 2. The lowest BCUT2D eigenvalue weighted by Gasteiger charge is -2.35. The van der Waals surface area contributed by atoms with Gasteiger partial charge in [-0.1, -0.05) is 32.9 Å². The van der Waals surface area contributed by atoms with E-state index in [-0.39, 0.29) is 23.2 Å². The Morgan fingerprint density at radius 2 is 1.63 bits per heavy atom. The zero-order chi connectivity index (χ0) is 20.0. The van der Waals surface area contributed by atoms with Crippen molar-refractivity contribution in [3.63, 3.8) is 0 Å². The summed E-state index contributed by atoms with van der Waals surface area (Å²) in [6.07, 6.45) is 3.37. The Balaban J connectivity index is 2.00. The summed E-state index contributed by atoms with van der Waals surface area (Å²) in [6, 6.07) is 7.96. The number of methoxy groups -OCH3 is 1. The molecule has 5 heteroatoms. The Labute approximate surface area is 162 Å². The molecule has 0 atom stereocenters. The molecule has 1 N–H and O–H groups in total. The van der Waals surface area contributed by atoms with Crippen LogP contribution in [0.4, 0.5) is 0 Å². The summed E-state index contributed by atoms with van der Waals surface area (Å²) in [5.74, 6) is -0.0472. The number of hydrogen-bond acceptors (Lipinski definition) is 3. The van der Waals surface area contributed by atoms with Crippen LogP contribution in [0.2, 0.25) is 0 Å². The van der Waals surface area contributed by atoms with Crippen LogP contribution in [0.15, 0.2) is 24.3 Å². The summed E-state index contributed by atoms with van der Waals surface area (Å²) in [5.41, 5.74) is 1.20. The Bertz CT molecular complexity index is 625. The van der Waals surface area contributed by atoms with E-state index in [4.69, 9.17) is 9.84 Å². The molecular formula is C22H33NO4. The molecule has 0 bridgehead atoms. The lowest BCUT2D eigenvalue weighted by atomic mass is 9.81. The summed E-state index contributed by atoms with van der Waals surface area (Å²) in [6.45, 7) is 7.81. The quantitative estimate of drug-likeness (QED) is 0.782. The monoisotopic (exact) mass is 375 g/mol. The fraction of sp³-hybridized carbons (Fsp3) is 0.636. The number of carboxylic acids is 1. The smallest absolute Gasteiger partial charge is 0.306 e. The maximum absolute atomic E-state index is 13.1. The number of rotatable bonds is 7. The molecule has 1 amide bonds. The van der Waals surface area contributed by atoms with Crippen molar-refractivity contribution in [3.05, 3.63) is 29.8 Å². The molecule has 27 heavy (non-hydrogen) atoms. The summed E-state index contributed by atoms with van der Waals surface area (Å²) < 4.78 is 5.20. The van der Waals surface area contributed by atoms with Gasteiger partial charge in [-0.3, -0.25) is 9.59 Å². The van der Waals surface area contributed by atoms with Crippen LogP contribution in [0.25, 0.3) is 0 Å². The highest BCUT2D eigenvalue weighted by Crippen LogP contribution is 2.31. The van der Waals surface area contributed by atoms with Crippen LogP contribution < -0.4 is 4.74 Å². The van der Waals surface area contributed by atoms with Gasteiger partial charge in [-0.2, -0.15) is 0 Å². The molecule has 2 rings (SSSR count). The SMILES string of the molecule is COc1ccc(CCN(CC(C)(C)C)C(=O)C2CCC(C(=O)O)CC2)cc1. The van der Waals surface area contributed by atoms with Gasteiger partial charge in [0, 0.05) is 19.0 Å². The molecular weight excluding hydrogens is 342 g/mol. The number of hydrogen-bond donors (Lipinski definition) is 1. The molecule has 1 aromatic rings. The van der Waals surface area contributed by atoms with Crippen LogP contribution in [0.3, 0.4) is 0 Å². The van der Waals surface area contributed by atoms with Crippen molar-refractivity contribution in [2.24, 2.45) is 17.3 Å². The first kappa shape index (κ1) is 21.3. The van der Waals surface area contributed by atoms with Gasteiger partial charge in [-0.15, -0.1) is 0 Å². The lowest BCUT2D eigenvalue weighted by Crippen LogP contribution is -2.43. The largest absolute Gasteiger partial charge is 0.497 e. The van der Waals surface area contributed by atoms with E-state index in [9.17, 15) is 9.59 Å². The number of carboxylic acid groups (broad SMARTS) is 1. The Hall–Kier alpha value is -2.04. The summed E-state index contributed by atoms with van der Waals surface area (Å²) >= 11 is 0. The van der Waals surface area contributed by atoms with Gasteiger partial charge < -0.3 is 14.7 Å². The summed E-state index contributed by atoms with van der Waals surface area (Å²) in [5, 5.41) is 9.17. The molecule has 1 aliphatic carbocycles. The van der Waals surface area contributed by atoms with E-state index in [1.807, 2.05) is 29.2 Å².